The molecule has 0 aliphatic carbocycles. The fraction of sp³-hybridized carbons (Fsp3) is 0.235. The lowest BCUT2D eigenvalue weighted by molar-refractivity contribution is -0.137. The van der Waals surface area contributed by atoms with E-state index in [9.17, 15) is 18.0 Å². The summed E-state index contributed by atoms with van der Waals surface area (Å²) in [6.07, 6.45) is -4.22. The molecule has 0 fully saturated rings. The molecule has 1 amide bonds. The second-order valence-corrected chi connectivity index (χ2v) is 5.12. The standard InChI is InChI=1S/C17H17F3N2O/c1-12-5-2-3-8-15(12)22-16(23)9-10-21-14-7-4-6-13(11-14)17(18,19)20/h2-8,11,21H,9-10H2,1H3,(H,22,23). The van der Waals surface area contributed by atoms with E-state index in [1.54, 1.807) is 6.07 Å². The molecule has 0 saturated heterocycles. The fourth-order valence-corrected chi connectivity index (χ4v) is 2.05. The molecule has 0 aromatic heterocycles. The van der Waals surface area contributed by atoms with Crippen LogP contribution in [-0.2, 0) is 11.0 Å². The number of alkyl halides is 3. The summed E-state index contributed by atoms with van der Waals surface area (Å²) in [4.78, 5) is 11.8. The number of aryl methyl sites for hydroxylation is 1. The Morgan fingerprint density at radius 2 is 1.83 bits per heavy atom. The van der Waals surface area contributed by atoms with E-state index in [0.29, 0.717) is 5.69 Å². The van der Waals surface area contributed by atoms with E-state index in [0.717, 1.165) is 23.4 Å². The number of carbonyl (C=O) groups is 1. The zero-order chi connectivity index (χ0) is 16.9. The molecule has 0 radical (unpaired) electrons. The Kier molecular flexibility index (Phi) is 5.26. The maximum atomic E-state index is 12.6. The third-order valence-corrected chi connectivity index (χ3v) is 3.29. The third kappa shape index (κ3) is 5.02. The summed E-state index contributed by atoms with van der Waals surface area (Å²) in [6, 6.07) is 12.3. The first-order valence-corrected chi connectivity index (χ1v) is 7.13. The van der Waals surface area contributed by atoms with Crippen molar-refractivity contribution in [1.29, 1.82) is 0 Å². The second kappa shape index (κ2) is 7.17. The molecule has 23 heavy (non-hydrogen) atoms. The number of benzene rings is 2. The topological polar surface area (TPSA) is 41.1 Å². The molecule has 2 N–H and O–H groups in total. The van der Waals surface area contributed by atoms with Gasteiger partial charge in [0.2, 0.25) is 5.91 Å². The highest BCUT2D eigenvalue weighted by Gasteiger charge is 2.30. The Morgan fingerprint density at radius 3 is 2.52 bits per heavy atom. The molecule has 0 spiro atoms. The van der Waals surface area contributed by atoms with E-state index in [-0.39, 0.29) is 18.9 Å². The smallest absolute Gasteiger partial charge is 0.385 e. The zero-order valence-electron chi connectivity index (χ0n) is 12.6. The molecule has 0 bridgehead atoms. The van der Waals surface area contributed by atoms with Crippen LogP contribution < -0.4 is 10.6 Å². The number of rotatable bonds is 5. The average molecular weight is 322 g/mol. The zero-order valence-corrected chi connectivity index (χ0v) is 12.6. The van der Waals surface area contributed by atoms with Crippen LogP contribution >= 0.6 is 0 Å². The van der Waals surface area contributed by atoms with E-state index >= 15 is 0 Å². The Bertz CT molecular complexity index is 684. The van der Waals surface area contributed by atoms with E-state index in [1.807, 2.05) is 25.1 Å². The molecule has 0 aliphatic heterocycles. The first-order chi connectivity index (χ1) is 10.9. The van der Waals surface area contributed by atoms with Crippen LogP contribution in [0.3, 0.4) is 0 Å². The quantitative estimate of drug-likeness (QED) is 0.853. The van der Waals surface area contributed by atoms with Crippen molar-refractivity contribution in [2.24, 2.45) is 0 Å². The molecule has 6 heteroatoms. The summed E-state index contributed by atoms with van der Waals surface area (Å²) in [7, 11) is 0. The van der Waals surface area contributed by atoms with E-state index in [2.05, 4.69) is 10.6 Å². The van der Waals surface area contributed by atoms with Gasteiger partial charge >= 0.3 is 6.18 Å². The number of hydrogen-bond donors (Lipinski definition) is 2. The van der Waals surface area contributed by atoms with Gasteiger partial charge in [-0.3, -0.25) is 4.79 Å². The highest BCUT2D eigenvalue weighted by Crippen LogP contribution is 2.30. The minimum absolute atomic E-state index is 0.157. The molecular formula is C17H17F3N2O. The SMILES string of the molecule is Cc1ccccc1NC(=O)CCNc1cccc(C(F)(F)F)c1. The van der Waals surface area contributed by atoms with Gasteiger partial charge in [0.25, 0.3) is 0 Å². The summed E-state index contributed by atoms with van der Waals surface area (Å²) in [5.41, 5.74) is 1.30. The van der Waals surface area contributed by atoms with Gasteiger partial charge in [0.1, 0.15) is 0 Å². The van der Waals surface area contributed by atoms with Crippen LogP contribution in [0.1, 0.15) is 17.5 Å². The molecule has 122 valence electrons. The van der Waals surface area contributed by atoms with E-state index in [4.69, 9.17) is 0 Å². The Morgan fingerprint density at radius 1 is 1.09 bits per heavy atom. The molecule has 2 aromatic rings. The monoisotopic (exact) mass is 322 g/mol. The van der Waals surface area contributed by atoms with Gasteiger partial charge in [0.05, 0.1) is 5.56 Å². The highest BCUT2D eigenvalue weighted by atomic mass is 19.4. The van der Waals surface area contributed by atoms with Crippen molar-refractivity contribution in [3.8, 4) is 0 Å². The molecule has 2 aromatic carbocycles. The predicted molar refractivity (Wildman–Crippen MR) is 84.4 cm³/mol. The van der Waals surface area contributed by atoms with Crippen molar-refractivity contribution >= 4 is 17.3 Å². The van der Waals surface area contributed by atoms with Gasteiger partial charge in [-0.2, -0.15) is 13.2 Å². The molecule has 2 rings (SSSR count). The van der Waals surface area contributed by atoms with Crippen molar-refractivity contribution in [2.45, 2.75) is 19.5 Å². The van der Waals surface area contributed by atoms with Gasteiger partial charge in [-0.1, -0.05) is 24.3 Å². The molecule has 0 heterocycles. The van der Waals surface area contributed by atoms with Crippen LogP contribution in [0.25, 0.3) is 0 Å². The molecule has 0 unspecified atom stereocenters. The normalized spacial score (nSPS) is 11.1. The van der Waals surface area contributed by atoms with Crippen LogP contribution in [0.2, 0.25) is 0 Å². The number of carbonyl (C=O) groups excluding carboxylic acids is 1. The Labute approximate surface area is 132 Å². The van der Waals surface area contributed by atoms with Crippen molar-refractivity contribution < 1.29 is 18.0 Å². The maximum Gasteiger partial charge on any atom is 0.416 e. The number of halogens is 3. The minimum atomic E-state index is -4.38. The van der Waals surface area contributed by atoms with E-state index < -0.39 is 11.7 Å². The average Bonchev–Trinajstić information content (AvgIpc) is 2.49. The maximum absolute atomic E-state index is 12.6. The molecule has 3 nitrogen and oxygen atoms in total. The summed E-state index contributed by atoms with van der Waals surface area (Å²) in [5.74, 6) is -0.196. The summed E-state index contributed by atoms with van der Waals surface area (Å²) < 4.78 is 37.8. The summed E-state index contributed by atoms with van der Waals surface area (Å²) in [5, 5.41) is 5.60. The van der Waals surface area contributed by atoms with Gasteiger partial charge in [-0.05, 0) is 36.8 Å². The second-order valence-electron chi connectivity index (χ2n) is 5.12. The van der Waals surface area contributed by atoms with Crippen LogP contribution in [0, 0.1) is 6.92 Å². The summed E-state index contributed by atoms with van der Waals surface area (Å²) in [6.45, 7) is 2.13. The van der Waals surface area contributed by atoms with Crippen molar-refractivity contribution in [1.82, 2.24) is 0 Å². The molecule has 0 aliphatic rings. The number of para-hydroxylation sites is 1. The van der Waals surface area contributed by atoms with Gasteiger partial charge in [-0.15, -0.1) is 0 Å². The van der Waals surface area contributed by atoms with Crippen molar-refractivity contribution in [3.63, 3.8) is 0 Å². The van der Waals surface area contributed by atoms with Gasteiger partial charge < -0.3 is 10.6 Å². The van der Waals surface area contributed by atoms with Crippen LogP contribution in [0.5, 0.6) is 0 Å². The minimum Gasteiger partial charge on any atom is -0.385 e. The Balaban J connectivity index is 1.85. The predicted octanol–water partition coefficient (Wildman–Crippen LogP) is 4.45. The molecule has 0 saturated carbocycles. The number of amides is 1. The lowest BCUT2D eigenvalue weighted by atomic mass is 10.2. The number of hydrogen-bond acceptors (Lipinski definition) is 2. The van der Waals surface area contributed by atoms with Gasteiger partial charge in [-0.25, -0.2) is 0 Å². The first kappa shape index (κ1) is 16.9. The first-order valence-electron chi connectivity index (χ1n) is 7.13. The fourth-order valence-electron chi connectivity index (χ4n) is 2.05. The largest absolute Gasteiger partial charge is 0.416 e. The lowest BCUT2D eigenvalue weighted by Gasteiger charge is -2.11. The van der Waals surface area contributed by atoms with Crippen molar-refractivity contribution in [3.05, 3.63) is 59.7 Å². The summed E-state index contributed by atoms with van der Waals surface area (Å²) >= 11 is 0. The van der Waals surface area contributed by atoms with Crippen molar-refractivity contribution in [2.75, 3.05) is 17.2 Å². The van der Waals surface area contributed by atoms with Gasteiger partial charge in [0, 0.05) is 24.3 Å². The third-order valence-electron chi connectivity index (χ3n) is 3.29. The lowest BCUT2D eigenvalue weighted by Crippen LogP contribution is -2.17. The van der Waals surface area contributed by atoms with E-state index in [1.165, 1.54) is 12.1 Å². The van der Waals surface area contributed by atoms with Gasteiger partial charge in [0.15, 0.2) is 0 Å². The number of anilines is 2. The molecule has 0 atom stereocenters. The van der Waals surface area contributed by atoms with Crippen LogP contribution in [0.4, 0.5) is 24.5 Å². The highest BCUT2D eigenvalue weighted by molar-refractivity contribution is 5.91. The Hall–Kier alpha value is -2.50. The number of nitrogens with one attached hydrogen (secondary N) is 2. The van der Waals surface area contributed by atoms with Crippen LogP contribution in [-0.4, -0.2) is 12.5 Å². The molecular weight excluding hydrogens is 305 g/mol. The van der Waals surface area contributed by atoms with Crippen LogP contribution in [0.15, 0.2) is 48.5 Å².